The molecule has 5 nitrogen and oxygen atoms in total. The van der Waals surface area contributed by atoms with E-state index in [0.717, 1.165) is 5.69 Å². The van der Waals surface area contributed by atoms with Crippen LogP contribution >= 0.6 is 35.0 Å². The zero-order valence-electron chi connectivity index (χ0n) is 14.6. The number of amides is 1. The molecular weight excluding hydrogens is 405 g/mol. The number of halogens is 2. The third kappa shape index (κ3) is 4.77. The van der Waals surface area contributed by atoms with E-state index in [-0.39, 0.29) is 11.2 Å². The van der Waals surface area contributed by atoms with Gasteiger partial charge in [0.1, 0.15) is 5.75 Å². The van der Waals surface area contributed by atoms with Crippen molar-refractivity contribution in [3.63, 3.8) is 0 Å². The van der Waals surface area contributed by atoms with E-state index in [1.807, 2.05) is 42.0 Å². The van der Waals surface area contributed by atoms with Gasteiger partial charge in [0.15, 0.2) is 5.16 Å². The van der Waals surface area contributed by atoms with E-state index in [0.29, 0.717) is 26.6 Å². The molecule has 1 N–H and O–H groups in total. The highest BCUT2D eigenvalue weighted by molar-refractivity contribution is 8.00. The summed E-state index contributed by atoms with van der Waals surface area (Å²) in [6.45, 7) is 1.82. The fraction of sp³-hybridized carbons (Fsp3) is 0.158. The van der Waals surface area contributed by atoms with Crippen molar-refractivity contribution in [3.05, 3.63) is 64.9 Å². The summed E-state index contributed by atoms with van der Waals surface area (Å²) in [5.41, 5.74) is 1.45. The molecule has 27 heavy (non-hydrogen) atoms. The SMILES string of the molecule is COc1ccc(Cl)cc1NC(=O)C(C)Sc1nccn1-c1ccc(Cl)cc1. The number of aromatic nitrogens is 2. The van der Waals surface area contributed by atoms with Crippen LogP contribution in [-0.2, 0) is 4.79 Å². The van der Waals surface area contributed by atoms with Gasteiger partial charge in [0.2, 0.25) is 5.91 Å². The van der Waals surface area contributed by atoms with Gasteiger partial charge in [0, 0.05) is 28.1 Å². The van der Waals surface area contributed by atoms with Gasteiger partial charge in [-0.1, -0.05) is 35.0 Å². The summed E-state index contributed by atoms with van der Waals surface area (Å²) in [6, 6.07) is 12.5. The zero-order chi connectivity index (χ0) is 19.4. The minimum atomic E-state index is -0.387. The second kappa shape index (κ2) is 8.69. The minimum Gasteiger partial charge on any atom is -0.495 e. The van der Waals surface area contributed by atoms with Crippen LogP contribution in [-0.4, -0.2) is 27.8 Å². The van der Waals surface area contributed by atoms with Gasteiger partial charge >= 0.3 is 0 Å². The Hall–Kier alpha value is -2.15. The Kier molecular flexibility index (Phi) is 6.31. The molecule has 0 aliphatic rings. The fourth-order valence-corrected chi connectivity index (χ4v) is 3.58. The molecular formula is C19H17Cl2N3O2S. The molecule has 1 unspecified atom stereocenters. The van der Waals surface area contributed by atoms with Gasteiger partial charge in [-0.15, -0.1) is 0 Å². The third-order valence-electron chi connectivity index (χ3n) is 3.78. The monoisotopic (exact) mass is 421 g/mol. The van der Waals surface area contributed by atoms with Gasteiger partial charge in [-0.2, -0.15) is 0 Å². The number of imidazole rings is 1. The number of rotatable bonds is 6. The molecule has 8 heteroatoms. The van der Waals surface area contributed by atoms with E-state index in [1.54, 1.807) is 31.5 Å². The Labute approximate surface area is 171 Å². The van der Waals surface area contributed by atoms with Crippen LogP contribution in [0.15, 0.2) is 60.0 Å². The van der Waals surface area contributed by atoms with Gasteiger partial charge in [0.25, 0.3) is 0 Å². The predicted molar refractivity (Wildman–Crippen MR) is 111 cm³/mol. The average molecular weight is 422 g/mol. The van der Waals surface area contributed by atoms with Crippen LogP contribution in [0.1, 0.15) is 6.92 Å². The molecule has 0 saturated carbocycles. The van der Waals surface area contributed by atoms with Crippen molar-refractivity contribution >= 4 is 46.6 Å². The maximum atomic E-state index is 12.6. The Morgan fingerprint density at radius 1 is 1.19 bits per heavy atom. The molecule has 0 saturated heterocycles. The van der Waals surface area contributed by atoms with Crippen LogP contribution in [0.5, 0.6) is 5.75 Å². The first kappa shape index (κ1) is 19.6. The van der Waals surface area contributed by atoms with Gasteiger partial charge in [0.05, 0.1) is 18.0 Å². The van der Waals surface area contributed by atoms with Crippen LogP contribution in [0, 0.1) is 0 Å². The number of hydrogen-bond donors (Lipinski definition) is 1. The molecule has 0 aliphatic heterocycles. The van der Waals surface area contributed by atoms with E-state index >= 15 is 0 Å². The lowest BCUT2D eigenvalue weighted by Crippen LogP contribution is -2.23. The number of ether oxygens (including phenoxy) is 1. The smallest absolute Gasteiger partial charge is 0.237 e. The number of carbonyl (C=O) groups excluding carboxylic acids is 1. The average Bonchev–Trinajstić information content (AvgIpc) is 3.10. The van der Waals surface area contributed by atoms with Gasteiger partial charge in [-0.3, -0.25) is 9.36 Å². The van der Waals surface area contributed by atoms with E-state index in [2.05, 4.69) is 10.3 Å². The highest BCUT2D eigenvalue weighted by atomic mass is 35.5. The Morgan fingerprint density at radius 2 is 1.89 bits per heavy atom. The quantitative estimate of drug-likeness (QED) is 0.548. The first-order valence-corrected chi connectivity index (χ1v) is 9.72. The second-order valence-electron chi connectivity index (χ2n) is 5.65. The van der Waals surface area contributed by atoms with Gasteiger partial charge in [-0.25, -0.2) is 4.98 Å². The number of anilines is 1. The molecule has 2 aromatic carbocycles. The first-order valence-electron chi connectivity index (χ1n) is 8.08. The number of nitrogens with zero attached hydrogens (tertiary/aromatic N) is 2. The van der Waals surface area contributed by atoms with E-state index in [4.69, 9.17) is 27.9 Å². The molecule has 0 radical (unpaired) electrons. The number of methoxy groups -OCH3 is 1. The van der Waals surface area contributed by atoms with Crippen LogP contribution in [0.3, 0.4) is 0 Å². The third-order valence-corrected chi connectivity index (χ3v) is 5.35. The number of hydrogen-bond acceptors (Lipinski definition) is 4. The molecule has 3 rings (SSSR count). The molecule has 0 spiro atoms. The Morgan fingerprint density at radius 3 is 2.59 bits per heavy atom. The molecule has 0 aliphatic carbocycles. The number of thioether (sulfide) groups is 1. The molecule has 1 atom stereocenters. The van der Waals surface area contributed by atoms with Crippen LogP contribution in [0.25, 0.3) is 5.69 Å². The Balaban J connectivity index is 1.74. The first-order chi connectivity index (χ1) is 13.0. The van der Waals surface area contributed by atoms with Crippen LogP contribution < -0.4 is 10.1 Å². The van der Waals surface area contributed by atoms with Crippen molar-refractivity contribution in [3.8, 4) is 11.4 Å². The van der Waals surface area contributed by atoms with Crippen molar-refractivity contribution in [2.45, 2.75) is 17.3 Å². The van der Waals surface area contributed by atoms with Crippen molar-refractivity contribution in [1.29, 1.82) is 0 Å². The summed E-state index contributed by atoms with van der Waals surface area (Å²) in [7, 11) is 1.54. The second-order valence-corrected chi connectivity index (χ2v) is 7.83. The maximum absolute atomic E-state index is 12.6. The van der Waals surface area contributed by atoms with Crippen molar-refractivity contribution in [1.82, 2.24) is 9.55 Å². The van der Waals surface area contributed by atoms with Crippen molar-refractivity contribution < 1.29 is 9.53 Å². The fourth-order valence-electron chi connectivity index (χ4n) is 2.40. The molecule has 0 bridgehead atoms. The standard InChI is InChI=1S/C19H17Cl2N3O2S/c1-12(18(25)23-16-11-14(21)5-8-17(16)26-2)27-19-22-9-10-24(19)15-6-3-13(20)4-7-15/h3-12H,1-2H3,(H,23,25). The topological polar surface area (TPSA) is 56.1 Å². The molecule has 1 amide bonds. The summed E-state index contributed by atoms with van der Waals surface area (Å²) in [6.07, 6.45) is 3.54. The summed E-state index contributed by atoms with van der Waals surface area (Å²) >= 11 is 13.3. The molecule has 1 aromatic heterocycles. The normalized spacial score (nSPS) is 11.9. The lowest BCUT2D eigenvalue weighted by atomic mass is 10.3. The molecule has 1 heterocycles. The maximum Gasteiger partial charge on any atom is 0.237 e. The van der Waals surface area contributed by atoms with E-state index in [1.165, 1.54) is 11.8 Å². The minimum absolute atomic E-state index is 0.175. The van der Waals surface area contributed by atoms with E-state index in [9.17, 15) is 4.79 Å². The van der Waals surface area contributed by atoms with Crippen molar-refractivity contribution in [2.75, 3.05) is 12.4 Å². The summed E-state index contributed by atoms with van der Waals surface area (Å²) in [5, 5.41) is 4.36. The summed E-state index contributed by atoms with van der Waals surface area (Å²) < 4.78 is 7.17. The van der Waals surface area contributed by atoms with Crippen LogP contribution in [0.4, 0.5) is 5.69 Å². The van der Waals surface area contributed by atoms with Gasteiger partial charge < -0.3 is 10.1 Å². The lowest BCUT2D eigenvalue weighted by molar-refractivity contribution is -0.115. The highest BCUT2D eigenvalue weighted by Crippen LogP contribution is 2.30. The molecule has 0 fully saturated rings. The highest BCUT2D eigenvalue weighted by Gasteiger charge is 2.19. The van der Waals surface area contributed by atoms with E-state index < -0.39 is 0 Å². The zero-order valence-corrected chi connectivity index (χ0v) is 17.0. The Bertz CT molecular complexity index is 944. The number of benzene rings is 2. The van der Waals surface area contributed by atoms with Gasteiger partial charge in [-0.05, 0) is 49.4 Å². The lowest BCUT2D eigenvalue weighted by Gasteiger charge is -2.15. The summed E-state index contributed by atoms with van der Waals surface area (Å²) in [5.74, 6) is 0.374. The summed E-state index contributed by atoms with van der Waals surface area (Å²) in [4.78, 5) is 17.0. The van der Waals surface area contributed by atoms with Crippen molar-refractivity contribution in [2.24, 2.45) is 0 Å². The van der Waals surface area contributed by atoms with Crippen LogP contribution in [0.2, 0.25) is 10.0 Å². The number of nitrogens with one attached hydrogen (secondary N) is 1. The molecule has 3 aromatic rings. The predicted octanol–water partition coefficient (Wildman–Crippen LogP) is 5.31. The number of carbonyl (C=O) groups is 1. The largest absolute Gasteiger partial charge is 0.495 e. The molecule has 140 valence electrons.